The fourth-order valence-electron chi connectivity index (χ4n) is 3.41. The van der Waals surface area contributed by atoms with Crippen molar-refractivity contribution in [1.82, 2.24) is 4.90 Å². The molecule has 27 heavy (non-hydrogen) atoms. The van der Waals surface area contributed by atoms with Crippen molar-refractivity contribution < 1.29 is 9.72 Å². The van der Waals surface area contributed by atoms with Gasteiger partial charge in [-0.05, 0) is 11.6 Å². The number of rotatable bonds is 5. The Balaban J connectivity index is 1.76. The number of nitriles is 1. The second-order valence-corrected chi connectivity index (χ2v) is 6.31. The van der Waals surface area contributed by atoms with Crippen LogP contribution in [-0.2, 0) is 4.79 Å². The van der Waals surface area contributed by atoms with E-state index in [9.17, 15) is 20.2 Å². The summed E-state index contributed by atoms with van der Waals surface area (Å²) in [5.41, 5.74) is 7.32. The normalized spacial score (nSPS) is 15.7. The van der Waals surface area contributed by atoms with Gasteiger partial charge in [0.2, 0.25) is 5.91 Å². The number of nitrogens with zero attached hydrogens (tertiary/aromatic N) is 4. The van der Waals surface area contributed by atoms with E-state index >= 15 is 0 Å². The standard InChI is InChI=1S/C19H19N5O3/c20-13-15-12-16(24(26)27)6-7-17(15)22-8-10-23(11-9-22)18(19(21)25)14-4-2-1-3-5-14/h1-7,12,18H,8-11H2,(H2,21,25). The Morgan fingerprint density at radius 2 is 1.81 bits per heavy atom. The van der Waals surface area contributed by atoms with Crippen molar-refractivity contribution in [3.05, 3.63) is 69.8 Å². The van der Waals surface area contributed by atoms with Crippen LogP contribution in [0.15, 0.2) is 48.5 Å². The molecule has 0 radical (unpaired) electrons. The van der Waals surface area contributed by atoms with Crippen molar-refractivity contribution in [3.63, 3.8) is 0 Å². The second-order valence-electron chi connectivity index (χ2n) is 6.31. The number of nitro groups is 1. The van der Waals surface area contributed by atoms with Crippen LogP contribution in [0.5, 0.6) is 0 Å². The molecule has 2 N–H and O–H groups in total. The largest absolute Gasteiger partial charge is 0.368 e. The third kappa shape index (κ3) is 3.88. The van der Waals surface area contributed by atoms with Crippen LogP contribution in [0.2, 0.25) is 0 Å². The van der Waals surface area contributed by atoms with Gasteiger partial charge >= 0.3 is 0 Å². The molecule has 0 aromatic heterocycles. The smallest absolute Gasteiger partial charge is 0.270 e. The lowest BCUT2D eigenvalue weighted by Crippen LogP contribution is -2.50. The Bertz CT molecular complexity index is 886. The lowest BCUT2D eigenvalue weighted by Gasteiger charge is -2.39. The van der Waals surface area contributed by atoms with Crippen molar-refractivity contribution in [2.24, 2.45) is 5.73 Å². The van der Waals surface area contributed by atoms with Crippen LogP contribution < -0.4 is 10.6 Å². The van der Waals surface area contributed by atoms with E-state index in [2.05, 4.69) is 0 Å². The van der Waals surface area contributed by atoms with Crippen molar-refractivity contribution in [2.45, 2.75) is 6.04 Å². The first kappa shape index (κ1) is 18.4. The van der Waals surface area contributed by atoms with E-state index in [1.807, 2.05) is 46.2 Å². The minimum absolute atomic E-state index is 0.105. The van der Waals surface area contributed by atoms with Gasteiger partial charge in [-0.1, -0.05) is 30.3 Å². The average molecular weight is 365 g/mol. The molecule has 2 aromatic rings. The lowest BCUT2D eigenvalue weighted by atomic mass is 10.0. The van der Waals surface area contributed by atoms with Crippen molar-refractivity contribution >= 4 is 17.3 Å². The van der Waals surface area contributed by atoms with Crippen LogP contribution in [0.4, 0.5) is 11.4 Å². The molecule has 0 bridgehead atoms. The molecule has 8 nitrogen and oxygen atoms in total. The number of piperazine rings is 1. The van der Waals surface area contributed by atoms with E-state index in [0.717, 1.165) is 5.56 Å². The molecular formula is C19H19N5O3. The first-order valence-electron chi connectivity index (χ1n) is 8.53. The monoisotopic (exact) mass is 365 g/mol. The summed E-state index contributed by atoms with van der Waals surface area (Å²) in [4.78, 5) is 26.4. The van der Waals surface area contributed by atoms with Gasteiger partial charge in [-0.2, -0.15) is 5.26 Å². The van der Waals surface area contributed by atoms with Crippen LogP contribution >= 0.6 is 0 Å². The van der Waals surface area contributed by atoms with Crippen LogP contribution in [-0.4, -0.2) is 41.9 Å². The SMILES string of the molecule is N#Cc1cc([N+](=O)[O-])ccc1N1CCN(C(C(N)=O)c2ccccc2)CC1. The molecule has 1 aliphatic heterocycles. The zero-order valence-electron chi connectivity index (χ0n) is 14.6. The first-order chi connectivity index (χ1) is 13.0. The number of non-ortho nitro benzene ring substituents is 1. The number of benzene rings is 2. The second kappa shape index (κ2) is 7.85. The van der Waals surface area contributed by atoms with Gasteiger partial charge in [-0.25, -0.2) is 0 Å². The van der Waals surface area contributed by atoms with E-state index in [0.29, 0.717) is 31.9 Å². The highest BCUT2D eigenvalue weighted by atomic mass is 16.6. The highest BCUT2D eigenvalue weighted by molar-refractivity contribution is 5.81. The molecule has 3 rings (SSSR count). The number of amides is 1. The number of primary amides is 1. The molecule has 1 atom stereocenters. The summed E-state index contributed by atoms with van der Waals surface area (Å²) in [5.74, 6) is -0.400. The molecule has 1 heterocycles. The molecular weight excluding hydrogens is 346 g/mol. The van der Waals surface area contributed by atoms with Crippen LogP contribution in [0.1, 0.15) is 17.2 Å². The van der Waals surface area contributed by atoms with Crippen molar-refractivity contribution in [1.29, 1.82) is 5.26 Å². The number of hydrogen-bond acceptors (Lipinski definition) is 6. The maximum Gasteiger partial charge on any atom is 0.270 e. The van der Waals surface area contributed by atoms with E-state index in [1.165, 1.54) is 12.1 Å². The van der Waals surface area contributed by atoms with Gasteiger partial charge in [-0.15, -0.1) is 0 Å². The van der Waals surface area contributed by atoms with E-state index < -0.39 is 16.9 Å². The number of nitro benzene ring substituents is 1. The molecule has 1 aliphatic rings. The average Bonchev–Trinajstić information content (AvgIpc) is 2.68. The summed E-state index contributed by atoms with van der Waals surface area (Å²) in [5, 5.41) is 20.3. The van der Waals surface area contributed by atoms with Crippen molar-refractivity contribution in [2.75, 3.05) is 31.1 Å². The van der Waals surface area contributed by atoms with Gasteiger partial charge in [0.05, 0.1) is 16.2 Å². The van der Waals surface area contributed by atoms with Gasteiger partial charge in [0, 0.05) is 38.3 Å². The van der Waals surface area contributed by atoms with Crippen LogP contribution in [0.3, 0.4) is 0 Å². The summed E-state index contributed by atoms with van der Waals surface area (Å²) in [7, 11) is 0. The van der Waals surface area contributed by atoms with Crippen LogP contribution in [0, 0.1) is 21.4 Å². The number of carbonyl (C=O) groups is 1. The zero-order valence-corrected chi connectivity index (χ0v) is 14.6. The third-order valence-electron chi connectivity index (χ3n) is 4.72. The highest BCUT2D eigenvalue weighted by Crippen LogP contribution is 2.28. The summed E-state index contributed by atoms with van der Waals surface area (Å²) < 4.78 is 0. The zero-order chi connectivity index (χ0) is 19.4. The number of anilines is 1. The first-order valence-corrected chi connectivity index (χ1v) is 8.53. The minimum Gasteiger partial charge on any atom is -0.368 e. The molecule has 138 valence electrons. The fraction of sp³-hybridized carbons (Fsp3) is 0.263. The molecule has 1 unspecified atom stereocenters. The minimum atomic E-state index is -0.514. The van der Waals surface area contributed by atoms with Crippen LogP contribution in [0.25, 0.3) is 0 Å². The topological polar surface area (TPSA) is 116 Å². The fourth-order valence-corrected chi connectivity index (χ4v) is 3.41. The van der Waals surface area contributed by atoms with Gasteiger partial charge in [-0.3, -0.25) is 19.8 Å². The number of carbonyl (C=O) groups excluding carboxylic acids is 1. The van der Waals surface area contributed by atoms with Crippen molar-refractivity contribution in [3.8, 4) is 6.07 Å². The molecule has 0 spiro atoms. The molecule has 0 saturated carbocycles. The van der Waals surface area contributed by atoms with Gasteiger partial charge in [0.15, 0.2) is 0 Å². The quantitative estimate of drug-likeness (QED) is 0.638. The Kier molecular flexibility index (Phi) is 5.33. The van der Waals surface area contributed by atoms with E-state index in [4.69, 9.17) is 5.73 Å². The molecule has 1 fully saturated rings. The molecule has 1 amide bonds. The highest BCUT2D eigenvalue weighted by Gasteiger charge is 2.29. The molecule has 8 heteroatoms. The maximum absolute atomic E-state index is 12.0. The van der Waals surface area contributed by atoms with E-state index in [1.54, 1.807) is 6.07 Å². The summed E-state index contributed by atoms with van der Waals surface area (Å²) in [6.07, 6.45) is 0. The summed E-state index contributed by atoms with van der Waals surface area (Å²) in [6.45, 7) is 2.35. The lowest BCUT2D eigenvalue weighted by molar-refractivity contribution is -0.384. The van der Waals surface area contributed by atoms with Gasteiger partial charge < -0.3 is 10.6 Å². The Morgan fingerprint density at radius 1 is 1.15 bits per heavy atom. The Hall–Kier alpha value is -3.44. The maximum atomic E-state index is 12.0. The van der Waals surface area contributed by atoms with Gasteiger partial charge in [0.1, 0.15) is 12.1 Å². The van der Waals surface area contributed by atoms with E-state index in [-0.39, 0.29) is 11.3 Å². The predicted molar refractivity (Wildman–Crippen MR) is 100.0 cm³/mol. The molecule has 2 aromatic carbocycles. The Morgan fingerprint density at radius 3 is 2.37 bits per heavy atom. The summed E-state index contributed by atoms with van der Waals surface area (Å²) in [6, 6.07) is 15.2. The molecule has 1 saturated heterocycles. The van der Waals surface area contributed by atoms with Gasteiger partial charge in [0.25, 0.3) is 5.69 Å². The predicted octanol–water partition coefficient (Wildman–Crippen LogP) is 1.82. The molecule has 0 aliphatic carbocycles. The third-order valence-corrected chi connectivity index (χ3v) is 4.72. The number of nitrogens with two attached hydrogens (primary N) is 1. The Labute approximate surface area is 156 Å². The number of hydrogen-bond donors (Lipinski definition) is 1. The summed E-state index contributed by atoms with van der Waals surface area (Å²) >= 11 is 0.